The number of anilines is 2. The quantitative estimate of drug-likeness (QED) is 0.420. The van der Waals surface area contributed by atoms with Crippen LogP contribution in [0.15, 0.2) is 31.0 Å². The van der Waals surface area contributed by atoms with Gasteiger partial charge in [0.25, 0.3) is 0 Å². The first-order valence-electron chi connectivity index (χ1n) is 11.0. The summed E-state index contributed by atoms with van der Waals surface area (Å²) in [4.78, 5) is 27.6. The monoisotopic (exact) mass is 532 g/mol. The van der Waals surface area contributed by atoms with E-state index in [2.05, 4.69) is 22.2 Å². The van der Waals surface area contributed by atoms with Gasteiger partial charge in [-0.3, -0.25) is 4.79 Å². The van der Waals surface area contributed by atoms with Gasteiger partial charge in [0.1, 0.15) is 17.0 Å². The number of aromatic nitrogens is 3. The van der Waals surface area contributed by atoms with Crippen LogP contribution >= 0.6 is 23.2 Å². The van der Waals surface area contributed by atoms with Crippen LogP contribution < -0.4 is 25.0 Å². The molecule has 1 aliphatic rings. The predicted octanol–water partition coefficient (Wildman–Crippen LogP) is 3.56. The second-order valence-electron chi connectivity index (χ2n) is 8.25. The van der Waals surface area contributed by atoms with Crippen molar-refractivity contribution in [1.29, 1.82) is 0 Å². The first-order valence-corrected chi connectivity index (χ1v) is 11.8. The summed E-state index contributed by atoms with van der Waals surface area (Å²) >= 11 is 13.3. The Labute approximate surface area is 218 Å². The first kappa shape index (κ1) is 25.7. The van der Waals surface area contributed by atoms with E-state index in [0.717, 1.165) is 5.39 Å². The van der Waals surface area contributed by atoms with E-state index in [-0.39, 0.29) is 18.0 Å². The van der Waals surface area contributed by atoms with Crippen LogP contribution in [0.4, 0.5) is 11.8 Å². The van der Waals surface area contributed by atoms with Gasteiger partial charge in [0, 0.05) is 37.3 Å². The fraction of sp³-hybridized carbons (Fsp3) is 0.333. The number of fused-ring (bicyclic) bond motifs is 1. The van der Waals surface area contributed by atoms with E-state index in [1.54, 1.807) is 12.3 Å². The number of halogens is 2. The first-order chi connectivity index (χ1) is 17.3. The van der Waals surface area contributed by atoms with Crippen molar-refractivity contribution in [2.24, 2.45) is 0 Å². The Morgan fingerprint density at radius 2 is 1.81 bits per heavy atom. The third kappa shape index (κ3) is 4.97. The molecule has 3 aromatic rings. The Kier molecular flexibility index (Phi) is 7.67. The summed E-state index contributed by atoms with van der Waals surface area (Å²) in [6.45, 7) is 4.27. The lowest BCUT2D eigenvalue weighted by molar-refractivity contribution is -0.117. The summed E-state index contributed by atoms with van der Waals surface area (Å²) in [6.07, 6.45) is 2.92. The molecule has 1 fully saturated rings. The van der Waals surface area contributed by atoms with Crippen molar-refractivity contribution in [3.05, 3.63) is 41.0 Å². The van der Waals surface area contributed by atoms with Crippen molar-refractivity contribution in [3.63, 3.8) is 0 Å². The van der Waals surface area contributed by atoms with Gasteiger partial charge >= 0.3 is 0 Å². The van der Waals surface area contributed by atoms with Gasteiger partial charge < -0.3 is 29.7 Å². The molecular weight excluding hydrogens is 507 g/mol. The molecule has 0 radical (unpaired) electrons. The van der Waals surface area contributed by atoms with Crippen LogP contribution in [-0.4, -0.2) is 74.5 Å². The van der Waals surface area contributed by atoms with Crippen molar-refractivity contribution in [2.45, 2.75) is 12.1 Å². The highest BCUT2D eigenvalue weighted by Gasteiger charge is 2.30. The van der Waals surface area contributed by atoms with Crippen LogP contribution in [-0.2, 0) is 9.53 Å². The van der Waals surface area contributed by atoms with Gasteiger partial charge in [-0.25, -0.2) is 15.0 Å². The number of carbonyl (C=O) groups excluding carboxylic acids is 1. The number of benzene rings is 1. The van der Waals surface area contributed by atoms with Gasteiger partial charge in [-0.1, -0.05) is 29.8 Å². The topological polar surface area (TPSA) is 111 Å². The molecule has 36 heavy (non-hydrogen) atoms. The number of hydrogen-bond donors (Lipinski definition) is 2. The predicted molar refractivity (Wildman–Crippen MR) is 141 cm³/mol. The number of amides is 1. The Balaban J connectivity index is 1.76. The number of nitrogens with zero attached hydrogens (tertiary/aromatic N) is 4. The molecule has 0 saturated carbocycles. The summed E-state index contributed by atoms with van der Waals surface area (Å²) in [7, 11) is 6.76. The molecule has 0 bridgehead atoms. The number of hydrogen-bond acceptors (Lipinski definition) is 9. The van der Waals surface area contributed by atoms with Crippen LogP contribution in [0.1, 0.15) is 0 Å². The molecule has 190 valence electrons. The molecule has 1 aliphatic heterocycles. The standard InChI is InChI=1S/C24H26Cl2N6O4/c1-6-18(33)28-14-10-36-11-15(14)30-24-27-9-12-7-13(29-23(32(2)3)22(12)31-24)19-20(25)16(34-4)8-17(35-5)21(19)26/h6-9,14-15H,1,10-11H2,2-5H3,(H,28,33)(H,27,30,31)/t14-,15+/m0/s1. The van der Waals surface area contributed by atoms with Crippen molar-refractivity contribution in [2.75, 3.05) is 51.7 Å². The lowest BCUT2D eigenvalue weighted by Crippen LogP contribution is -2.45. The van der Waals surface area contributed by atoms with Crippen LogP contribution in [0.2, 0.25) is 10.0 Å². The maximum Gasteiger partial charge on any atom is 0.243 e. The third-order valence-corrected chi connectivity index (χ3v) is 6.46. The molecule has 1 aromatic carbocycles. The Morgan fingerprint density at radius 3 is 2.42 bits per heavy atom. The van der Waals surface area contributed by atoms with E-state index >= 15 is 0 Å². The molecule has 4 rings (SSSR count). The molecule has 10 nitrogen and oxygen atoms in total. The highest BCUT2D eigenvalue weighted by molar-refractivity contribution is 6.41. The smallest absolute Gasteiger partial charge is 0.243 e. The molecule has 1 saturated heterocycles. The van der Waals surface area contributed by atoms with Crippen molar-refractivity contribution < 1.29 is 19.0 Å². The van der Waals surface area contributed by atoms with Crippen LogP contribution in [0.3, 0.4) is 0 Å². The summed E-state index contributed by atoms with van der Waals surface area (Å²) in [6, 6.07) is 2.99. The van der Waals surface area contributed by atoms with Crippen LogP contribution in [0.25, 0.3) is 22.2 Å². The van der Waals surface area contributed by atoms with Gasteiger partial charge in [-0.15, -0.1) is 0 Å². The largest absolute Gasteiger partial charge is 0.495 e. The minimum Gasteiger partial charge on any atom is -0.495 e. The zero-order valence-corrected chi connectivity index (χ0v) is 21.8. The second-order valence-corrected chi connectivity index (χ2v) is 9.00. The van der Waals surface area contributed by atoms with E-state index < -0.39 is 0 Å². The maximum absolute atomic E-state index is 11.7. The normalized spacial score (nSPS) is 17.1. The van der Waals surface area contributed by atoms with E-state index in [1.165, 1.54) is 20.3 Å². The second kappa shape index (κ2) is 10.7. The summed E-state index contributed by atoms with van der Waals surface area (Å²) < 4.78 is 16.3. The molecule has 0 unspecified atom stereocenters. The van der Waals surface area contributed by atoms with Gasteiger partial charge in [-0.2, -0.15) is 0 Å². The Bertz CT molecular complexity index is 1290. The lowest BCUT2D eigenvalue weighted by Gasteiger charge is -2.21. The minimum absolute atomic E-state index is 0.205. The molecular formula is C24H26Cl2N6O4. The average Bonchev–Trinajstić information content (AvgIpc) is 3.29. The van der Waals surface area contributed by atoms with E-state index in [4.69, 9.17) is 47.4 Å². The van der Waals surface area contributed by atoms with Crippen molar-refractivity contribution in [3.8, 4) is 22.8 Å². The number of pyridine rings is 1. The number of ether oxygens (including phenoxy) is 3. The molecule has 1 amide bonds. The molecule has 2 aromatic heterocycles. The van der Waals surface area contributed by atoms with Gasteiger partial charge in [0.2, 0.25) is 11.9 Å². The van der Waals surface area contributed by atoms with Gasteiger partial charge in [0.05, 0.1) is 55.3 Å². The third-order valence-electron chi connectivity index (χ3n) is 5.71. The van der Waals surface area contributed by atoms with E-state index in [0.29, 0.717) is 63.3 Å². The zero-order valence-electron chi connectivity index (χ0n) is 20.3. The fourth-order valence-corrected chi connectivity index (χ4v) is 4.58. The fourth-order valence-electron chi connectivity index (χ4n) is 3.89. The summed E-state index contributed by atoms with van der Waals surface area (Å²) in [5.74, 6) is 1.52. The Morgan fingerprint density at radius 1 is 1.14 bits per heavy atom. The molecule has 3 heterocycles. The maximum atomic E-state index is 11.7. The van der Waals surface area contributed by atoms with Crippen molar-refractivity contribution >= 4 is 51.8 Å². The molecule has 2 N–H and O–H groups in total. The Hall–Kier alpha value is -3.34. The molecule has 0 aliphatic carbocycles. The van der Waals surface area contributed by atoms with Crippen LogP contribution in [0.5, 0.6) is 11.5 Å². The minimum atomic E-state index is -0.269. The SMILES string of the molecule is C=CC(=O)N[C@H]1COC[C@H]1Nc1ncc2cc(-c3c(Cl)c(OC)cc(OC)c3Cl)nc(N(C)C)c2n1. The zero-order chi connectivity index (χ0) is 26.0. The number of carbonyl (C=O) groups is 1. The molecule has 12 heteroatoms. The number of methoxy groups -OCH3 is 2. The highest BCUT2D eigenvalue weighted by Crippen LogP contribution is 2.46. The van der Waals surface area contributed by atoms with E-state index in [9.17, 15) is 4.79 Å². The summed E-state index contributed by atoms with van der Waals surface area (Å²) in [5, 5.41) is 7.46. The lowest BCUT2D eigenvalue weighted by atomic mass is 10.1. The summed E-state index contributed by atoms with van der Waals surface area (Å²) in [5.41, 5.74) is 1.61. The highest BCUT2D eigenvalue weighted by atomic mass is 35.5. The van der Waals surface area contributed by atoms with Crippen molar-refractivity contribution in [1.82, 2.24) is 20.3 Å². The van der Waals surface area contributed by atoms with Gasteiger partial charge in [0.15, 0.2) is 5.82 Å². The number of rotatable bonds is 8. The molecule has 2 atom stereocenters. The van der Waals surface area contributed by atoms with Crippen LogP contribution in [0, 0.1) is 0 Å². The number of nitrogens with one attached hydrogen (secondary N) is 2. The van der Waals surface area contributed by atoms with E-state index in [1.807, 2.05) is 25.1 Å². The average molecular weight is 533 g/mol. The van der Waals surface area contributed by atoms with Gasteiger partial charge in [-0.05, 0) is 12.1 Å². The molecule has 0 spiro atoms.